The molecule has 1 atom stereocenters. The van der Waals surface area contributed by atoms with Gasteiger partial charge in [0.05, 0.1) is 12.2 Å². The zero-order valence-corrected chi connectivity index (χ0v) is 11.0. The van der Waals surface area contributed by atoms with Crippen LogP contribution < -0.4 is 5.73 Å². The fourth-order valence-electron chi connectivity index (χ4n) is 2.24. The van der Waals surface area contributed by atoms with E-state index in [1.54, 1.807) is 0 Å². The van der Waals surface area contributed by atoms with Crippen LogP contribution in [0.2, 0.25) is 0 Å². The van der Waals surface area contributed by atoms with Crippen molar-refractivity contribution in [1.82, 2.24) is 0 Å². The monoisotopic (exact) mass is 275 g/mol. The number of rotatable bonds is 6. The Balaban J connectivity index is 2.86. The molecular formula is C14H20F3NO. The summed E-state index contributed by atoms with van der Waals surface area (Å²) in [4.78, 5) is 0. The third-order valence-corrected chi connectivity index (χ3v) is 3.41. The van der Waals surface area contributed by atoms with Crippen molar-refractivity contribution in [3.8, 4) is 0 Å². The van der Waals surface area contributed by atoms with Crippen LogP contribution in [0.1, 0.15) is 30.9 Å². The van der Waals surface area contributed by atoms with Gasteiger partial charge in [0.2, 0.25) is 0 Å². The average Bonchev–Trinajstić information content (AvgIpc) is 2.37. The Hall–Kier alpha value is -1.07. The Bertz CT molecular complexity index is 383. The molecule has 0 aliphatic rings. The maximum Gasteiger partial charge on any atom is 0.416 e. The van der Waals surface area contributed by atoms with Crippen LogP contribution in [0.15, 0.2) is 24.3 Å². The summed E-state index contributed by atoms with van der Waals surface area (Å²) < 4.78 is 37.4. The molecule has 1 aromatic rings. The summed E-state index contributed by atoms with van der Waals surface area (Å²) in [6.45, 7) is 2.25. The van der Waals surface area contributed by atoms with E-state index >= 15 is 0 Å². The number of aliphatic hydroxyl groups excluding tert-OH is 1. The number of hydrogen-bond acceptors (Lipinski definition) is 2. The minimum absolute atomic E-state index is 0.0572. The first kappa shape index (κ1) is 16.0. The van der Waals surface area contributed by atoms with Crippen molar-refractivity contribution in [1.29, 1.82) is 0 Å². The molecule has 0 amide bonds. The molecule has 0 aliphatic carbocycles. The summed E-state index contributed by atoms with van der Waals surface area (Å²) in [5.41, 5.74) is 5.38. The zero-order chi connectivity index (χ0) is 14.5. The van der Waals surface area contributed by atoms with E-state index in [9.17, 15) is 18.3 Å². The first-order valence-corrected chi connectivity index (χ1v) is 6.34. The molecule has 0 radical (unpaired) electrons. The smallest absolute Gasteiger partial charge is 0.396 e. The first-order valence-electron chi connectivity index (χ1n) is 6.34. The number of hydrogen-bond donors (Lipinski definition) is 2. The second-order valence-electron chi connectivity index (χ2n) is 4.98. The Morgan fingerprint density at radius 2 is 1.74 bits per heavy atom. The third-order valence-electron chi connectivity index (χ3n) is 3.41. The molecule has 0 heterocycles. The van der Waals surface area contributed by atoms with Gasteiger partial charge in [0.15, 0.2) is 0 Å². The molecule has 3 N–H and O–H groups in total. The van der Waals surface area contributed by atoms with E-state index in [4.69, 9.17) is 5.73 Å². The van der Waals surface area contributed by atoms with Gasteiger partial charge >= 0.3 is 6.18 Å². The second kappa shape index (κ2) is 6.39. The van der Waals surface area contributed by atoms with Crippen LogP contribution in [-0.2, 0) is 12.6 Å². The van der Waals surface area contributed by atoms with E-state index in [2.05, 4.69) is 0 Å². The zero-order valence-electron chi connectivity index (χ0n) is 11.0. The van der Waals surface area contributed by atoms with E-state index in [0.717, 1.165) is 30.5 Å². The molecule has 2 nitrogen and oxygen atoms in total. The van der Waals surface area contributed by atoms with Crippen molar-refractivity contribution in [3.05, 3.63) is 35.4 Å². The van der Waals surface area contributed by atoms with E-state index in [-0.39, 0.29) is 6.61 Å². The molecule has 1 aromatic carbocycles. The summed E-state index contributed by atoms with van der Waals surface area (Å²) in [6, 6.07) is 5.05. The van der Waals surface area contributed by atoms with E-state index in [0.29, 0.717) is 13.0 Å². The van der Waals surface area contributed by atoms with Gasteiger partial charge in [-0.05, 0) is 30.5 Å². The van der Waals surface area contributed by atoms with Crippen LogP contribution in [0.5, 0.6) is 0 Å². The van der Waals surface area contributed by atoms with Gasteiger partial charge in [-0.2, -0.15) is 13.2 Å². The van der Waals surface area contributed by atoms with Crippen molar-refractivity contribution in [3.63, 3.8) is 0 Å². The van der Waals surface area contributed by atoms with Crippen LogP contribution in [0.4, 0.5) is 13.2 Å². The van der Waals surface area contributed by atoms with Crippen molar-refractivity contribution in [2.75, 3.05) is 13.2 Å². The van der Waals surface area contributed by atoms with Crippen LogP contribution in [0.3, 0.4) is 0 Å². The van der Waals surface area contributed by atoms with Gasteiger partial charge in [-0.15, -0.1) is 0 Å². The van der Waals surface area contributed by atoms with Crippen LogP contribution in [-0.4, -0.2) is 18.3 Å². The molecule has 0 fully saturated rings. The lowest BCUT2D eigenvalue weighted by Crippen LogP contribution is -2.36. The molecule has 0 saturated carbocycles. The number of alkyl halides is 3. The summed E-state index contributed by atoms with van der Waals surface area (Å²) in [5, 5.41) is 9.49. The van der Waals surface area contributed by atoms with Gasteiger partial charge in [0.1, 0.15) is 0 Å². The Morgan fingerprint density at radius 1 is 1.16 bits per heavy atom. The Morgan fingerprint density at radius 3 is 2.11 bits per heavy atom. The Kier molecular flexibility index (Phi) is 5.38. The molecule has 1 unspecified atom stereocenters. The largest absolute Gasteiger partial charge is 0.416 e. The van der Waals surface area contributed by atoms with Gasteiger partial charge in [-0.1, -0.05) is 25.5 Å². The lowest BCUT2D eigenvalue weighted by atomic mass is 9.78. The summed E-state index contributed by atoms with van der Waals surface area (Å²) in [6.07, 6.45) is -2.20. The van der Waals surface area contributed by atoms with Gasteiger partial charge in [-0.25, -0.2) is 0 Å². The third kappa shape index (κ3) is 4.21. The quantitative estimate of drug-likeness (QED) is 0.838. The molecule has 19 heavy (non-hydrogen) atoms. The maximum atomic E-state index is 12.5. The summed E-state index contributed by atoms with van der Waals surface area (Å²) >= 11 is 0. The molecule has 0 aliphatic heterocycles. The number of aliphatic hydroxyl groups is 1. The van der Waals surface area contributed by atoms with Crippen LogP contribution in [0, 0.1) is 5.41 Å². The van der Waals surface area contributed by atoms with Gasteiger partial charge in [0, 0.05) is 12.0 Å². The van der Waals surface area contributed by atoms with Gasteiger partial charge in [0.25, 0.3) is 0 Å². The highest BCUT2D eigenvalue weighted by atomic mass is 19.4. The predicted octanol–water partition coefficient (Wildman–Crippen LogP) is 2.99. The molecule has 0 bridgehead atoms. The SMILES string of the molecule is CCCC(CN)(CO)Cc1ccc(C(F)(F)F)cc1. The lowest BCUT2D eigenvalue weighted by Gasteiger charge is -2.30. The highest BCUT2D eigenvalue weighted by Crippen LogP contribution is 2.31. The molecule has 0 aromatic heterocycles. The lowest BCUT2D eigenvalue weighted by molar-refractivity contribution is -0.137. The minimum Gasteiger partial charge on any atom is -0.396 e. The van der Waals surface area contributed by atoms with Gasteiger partial charge in [-0.3, -0.25) is 0 Å². The van der Waals surface area contributed by atoms with Crippen LogP contribution in [0.25, 0.3) is 0 Å². The number of benzene rings is 1. The van der Waals surface area contributed by atoms with Crippen molar-refractivity contribution >= 4 is 0 Å². The van der Waals surface area contributed by atoms with Crippen molar-refractivity contribution in [2.24, 2.45) is 11.1 Å². The van der Waals surface area contributed by atoms with Gasteiger partial charge < -0.3 is 10.8 Å². The highest BCUT2D eigenvalue weighted by Gasteiger charge is 2.31. The number of halogens is 3. The fraction of sp³-hybridized carbons (Fsp3) is 0.571. The Labute approximate surface area is 111 Å². The summed E-state index contributed by atoms with van der Waals surface area (Å²) in [5.74, 6) is 0. The standard InChI is InChI=1S/C14H20F3NO/c1-2-7-13(9-18,10-19)8-11-3-5-12(6-4-11)14(15,16)17/h3-6,19H,2,7-10,18H2,1H3. The second-order valence-corrected chi connectivity index (χ2v) is 4.98. The average molecular weight is 275 g/mol. The molecule has 0 spiro atoms. The normalized spacial score (nSPS) is 15.3. The van der Waals surface area contributed by atoms with E-state index in [1.807, 2.05) is 6.92 Å². The van der Waals surface area contributed by atoms with E-state index in [1.165, 1.54) is 12.1 Å². The van der Waals surface area contributed by atoms with Crippen molar-refractivity contribution < 1.29 is 18.3 Å². The first-order chi connectivity index (χ1) is 8.87. The van der Waals surface area contributed by atoms with Crippen LogP contribution >= 0.6 is 0 Å². The fourth-order valence-corrected chi connectivity index (χ4v) is 2.24. The molecular weight excluding hydrogens is 255 g/mol. The highest BCUT2D eigenvalue weighted by molar-refractivity contribution is 5.25. The molecule has 0 saturated heterocycles. The molecule has 1 rings (SSSR count). The molecule has 108 valence electrons. The topological polar surface area (TPSA) is 46.2 Å². The predicted molar refractivity (Wildman–Crippen MR) is 68.6 cm³/mol. The van der Waals surface area contributed by atoms with Crippen molar-refractivity contribution in [2.45, 2.75) is 32.4 Å². The summed E-state index contributed by atoms with van der Waals surface area (Å²) in [7, 11) is 0. The maximum absolute atomic E-state index is 12.5. The van der Waals surface area contributed by atoms with E-state index < -0.39 is 17.2 Å². The minimum atomic E-state index is -4.32. The molecule has 5 heteroatoms. The number of nitrogens with two attached hydrogens (primary N) is 1.